The molecule has 0 radical (unpaired) electrons. The van der Waals surface area contributed by atoms with E-state index in [1.54, 1.807) is 13.8 Å². The summed E-state index contributed by atoms with van der Waals surface area (Å²) in [6, 6.07) is 0. The molecule has 2 unspecified atom stereocenters. The SMILES string of the molecule is CC(=CCC1=CC(=O)C(C)=C(C)C1=O)CCCC(C)CCCC(C)CCCC(C)C. The molecule has 0 amide bonds. The first-order chi connectivity index (χ1) is 14.1. The van der Waals surface area contributed by atoms with Gasteiger partial charge in [0.2, 0.25) is 0 Å². The van der Waals surface area contributed by atoms with E-state index in [1.807, 2.05) is 0 Å². The largest absolute Gasteiger partial charge is 0.290 e. The maximum Gasteiger partial charge on any atom is 0.185 e. The number of hydrogen-bond acceptors (Lipinski definition) is 2. The Morgan fingerprint density at radius 2 is 1.37 bits per heavy atom. The van der Waals surface area contributed by atoms with Crippen molar-refractivity contribution >= 4 is 11.6 Å². The van der Waals surface area contributed by atoms with Crippen molar-refractivity contribution in [2.45, 2.75) is 113 Å². The Bertz CT molecular complexity index is 660. The standard InChI is InChI=1S/C28H46O2/c1-20(2)11-8-12-21(3)13-9-14-22(4)15-10-16-23(5)17-18-26-19-27(29)24(6)25(7)28(26)30/h17,19-22H,8-16,18H2,1-7H3. The lowest BCUT2D eigenvalue weighted by molar-refractivity contribution is -0.115. The van der Waals surface area contributed by atoms with Gasteiger partial charge >= 0.3 is 0 Å². The number of rotatable bonds is 14. The summed E-state index contributed by atoms with van der Waals surface area (Å²) in [4.78, 5) is 24.3. The van der Waals surface area contributed by atoms with Crippen molar-refractivity contribution in [3.05, 3.63) is 34.4 Å². The molecule has 0 spiro atoms. The zero-order valence-corrected chi connectivity index (χ0v) is 20.8. The summed E-state index contributed by atoms with van der Waals surface area (Å²) in [6.07, 6.45) is 16.0. The number of carbonyl (C=O) groups is 2. The molecule has 0 aromatic carbocycles. The van der Waals surface area contributed by atoms with Crippen LogP contribution in [-0.2, 0) is 9.59 Å². The fraction of sp³-hybridized carbons (Fsp3) is 0.714. The van der Waals surface area contributed by atoms with E-state index >= 15 is 0 Å². The highest BCUT2D eigenvalue weighted by molar-refractivity contribution is 6.22. The zero-order chi connectivity index (χ0) is 22.7. The zero-order valence-electron chi connectivity index (χ0n) is 20.8. The average Bonchev–Trinajstić information content (AvgIpc) is 2.67. The van der Waals surface area contributed by atoms with Gasteiger partial charge in [-0.25, -0.2) is 0 Å². The van der Waals surface area contributed by atoms with Crippen LogP contribution < -0.4 is 0 Å². The van der Waals surface area contributed by atoms with E-state index < -0.39 is 0 Å². The lowest BCUT2D eigenvalue weighted by Crippen LogP contribution is -2.16. The Labute approximate surface area is 186 Å². The van der Waals surface area contributed by atoms with Gasteiger partial charge < -0.3 is 0 Å². The second-order valence-corrected chi connectivity index (χ2v) is 10.2. The molecule has 2 atom stereocenters. The minimum atomic E-state index is -0.0174. The highest BCUT2D eigenvalue weighted by Gasteiger charge is 2.22. The summed E-state index contributed by atoms with van der Waals surface area (Å²) >= 11 is 0. The van der Waals surface area contributed by atoms with E-state index in [0.717, 1.165) is 24.2 Å². The average molecular weight is 415 g/mol. The summed E-state index contributed by atoms with van der Waals surface area (Å²) in [6.45, 7) is 15.1. The van der Waals surface area contributed by atoms with Crippen molar-refractivity contribution in [3.8, 4) is 0 Å². The third-order valence-electron chi connectivity index (χ3n) is 6.68. The highest BCUT2D eigenvalue weighted by Crippen LogP contribution is 2.24. The molecule has 0 saturated carbocycles. The van der Waals surface area contributed by atoms with Crippen LogP contribution in [0.2, 0.25) is 0 Å². The fourth-order valence-electron chi connectivity index (χ4n) is 4.17. The first-order valence-electron chi connectivity index (χ1n) is 12.2. The van der Waals surface area contributed by atoms with Crippen LogP contribution in [0.4, 0.5) is 0 Å². The maximum absolute atomic E-state index is 12.3. The van der Waals surface area contributed by atoms with Gasteiger partial charge in [0, 0.05) is 16.7 Å². The van der Waals surface area contributed by atoms with E-state index in [1.165, 1.54) is 63.0 Å². The van der Waals surface area contributed by atoms with Crippen molar-refractivity contribution in [2.75, 3.05) is 0 Å². The smallest absolute Gasteiger partial charge is 0.185 e. The summed E-state index contributed by atoms with van der Waals surface area (Å²) in [7, 11) is 0. The van der Waals surface area contributed by atoms with Crippen molar-refractivity contribution in [3.63, 3.8) is 0 Å². The van der Waals surface area contributed by atoms with Crippen LogP contribution >= 0.6 is 0 Å². The lowest BCUT2D eigenvalue weighted by Gasteiger charge is -2.15. The molecule has 0 aliphatic heterocycles. The van der Waals surface area contributed by atoms with E-state index in [-0.39, 0.29) is 11.6 Å². The van der Waals surface area contributed by atoms with Crippen LogP contribution in [0.5, 0.6) is 0 Å². The van der Waals surface area contributed by atoms with Gasteiger partial charge in [0.1, 0.15) is 0 Å². The predicted octanol–water partition coefficient (Wildman–Crippen LogP) is 8.18. The van der Waals surface area contributed by atoms with Crippen LogP contribution in [0.15, 0.2) is 34.4 Å². The normalized spacial score (nSPS) is 17.6. The van der Waals surface area contributed by atoms with Gasteiger partial charge in [0.05, 0.1) is 0 Å². The minimum Gasteiger partial charge on any atom is -0.290 e. The van der Waals surface area contributed by atoms with Gasteiger partial charge in [0.15, 0.2) is 11.6 Å². The molecule has 1 aliphatic rings. The monoisotopic (exact) mass is 414 g/mol. The van der Waals surface area contributed by atoms with E-state index in [9.17, 15) is 9.59 Å². The summed E-state index contributed by atoms with van der Waals surface area (Å²) in [5, 5.41) is 0. The number of allylic oxidation sites excluding steroid dienone is 6. The number of ketones is 2. The van der Waals surface area contributed by atoms with E-state index in [4.69, 9.17) is 0 Å². The van der Waals surface area contributed by atoms with Crippen LogP contribution in [0.25, 0.3) is 0 Å². The first-order valence-corrected chi connectivity index (χ1v) is 12.2. The van der Waals surface area contributed by atoms with Crippen LogP contribution in [0.1, 0.15) is 113 Å². The molecule has 0 bridgehead atoms. The summed E-state index contributed by atoms with van der Waals surface area (Å²) in [5.74, 6) is 2.51. The van der Waals surface area contributed by atoms with Gasteiger partial charge in [-0.2, -0.15) is 0 Å². The molecular formula is C28H46O2. The van der Waals surface area contributed by atoms with Gasteiger partial charge in [-0.1, -0.05) is 84.3 Å². The molecule has 170 valence electrons. The second-order valence-electron chi connectivity index (χ2n) is 10.2. The minimum absolute atomic E-state index is 0.0174. The topological polar surface area (TPSA) is 34.1 Å². The maximum atomic E-state index is 12.3. The molecule has 2 nitrogen and oxygen atoms in total. The number of hydrogen-bond donors (Lipinski definition) is 0. The van der Waals surface area contributed by atoms with Crippen molar-refractivity contribution < 1.29 is 9.59 Å². The predicted molar refractivity (Wildman–Crippen MR) is 130 cm³/mol. The Balaban J connectivity index is 2.23. The van der Waals surface area contributed by atoms with Crippen molar-refractivity contribution in [1.29, 1.82) is 0 Å². The third-order valence-corrected chi connectivity index (χ3v) is 6.68. The quantitative estimate of drug-likeness (QED) is 0.212. The molecule has 1 rings (SSSR count). The Morgan fingerprint density at radius 1 is 0.833 bits per heavy atom. The second kappa shape index (κ2) is 13.8. The summed E-state index contributed by atoms with van der Waals surface area (Å²) in [5.41, 5.74) is 3.15. The van der Waals surface area contributed by atoms with Crippen LogP contribution in [-0.4, -0.2) is 11.6 Å². The summed E-state index contributed by atoms with van der Waals surface area (Å²) < 4.78 is 0. The molecule has 30 heavy (non-hydrogen) atoms. The van der Waals surface area contributed by atoms with E-state index in [2.05, 4.69) is 40.7 Å². The lowest BCUT2D eigenvalue weighted by atomic mass is 9.89. The molecule has 0 N–H and O–H groups in total. The molecular weight excluding hydrogens is 368 g/mol. The highest BCUT2D eigenvalue weighted by atomic mass is 16.1. The Morgan fingerprint density at radius 3 is 1.93 bits per heavy atom. The van der Waals surface area contributed by atoms with Crippen LogP contribution in [0.3, 0.4) is 0 Å². The molecule has 0 aromatic heterocycles. The molecule has 0 aromatic rings. The van der Waals surface area contributed by atoms with Crippen LogP contribution in [0, 0.1) is 17.8 Å². The van der Waals surface area contributed by atoms with Crippen molar-refractivity contribution in [2.24, 2.45) is 17.8 Å². The molecule has 0 fully saturated rings. The van der Waals surface area contributed by atoms with Gasteiger partial charge in [0.25, 0.3) is 0 Å². The molecule has 0 saturated heterocycles. The van der Waals surface area contributed by atoms with E-state index in [0.29, 0.717) is 23.1 Å². The van der Waals surface area contributed by atoms with Crippen molar-refractivity contribution in [1.82, 2.24) is 0 Å². The molecule has 2 heteroatoms. The third kappa shape index (κ3) is 10.0. The number of carbonyl (C=O) groups excluding carboxylic acids is 2. The number of Topliss-reactive ketones (excluding diaryl/α,β-unsaturated/α-hetero) is 1. The first kappa shape index (κ1) is 26.6. The fourth-order valence-corrected chi connectivity index (χ4v) is 4.17. The molecule has 1 aliphatic carbocycles. The van der Waals surface area contributed by atoms with Gasteiger partial charge in [-0.15, -0.1) is 0 Å². The van der Waals surface area contributed by atoms with Gasteiger partial charge in [-0.05, 0) is 63.9 Å². The van der Waals surface area contributed by atoms with Gasteiger partial charge in [-0.3, -0.25) is 9.59 Å². The Kier molecular flexibility index (Phi) is 12.2. The Hall–Kier alpha value is -1.44. The molecule has 0 heterocycles.